The smallest absolute Gasteiger partial charge is 0.329 e. The van der Waals surface area contributed by atoms with E-state index in [1.807, 2.05) is 6.07 Å². The van der Waals surface area contributed by atoms with Crippen LogP contribution in [-0.2, 0) is 20.8 Å². The Kier molecular flexibility index (Phi) is 11.9. The van der Waals surface area contributed by atoms with E-state index in [2.05, 4.69) is 21.2 Å². The number of hydrazone groups is 1. The van der Waals surface area contributed by atoms with Crippen LogP contribution in [0.15, 0.2) is 59.7 Å². The fourth-order valence-electron chi connectivity index (χ4n) is 3.61. The van der Waals surface area contributed by atoms with Crippen LogP contribution < -0.4 is 35.0 Å². The lowest BCUT2D eigenvalue weighted by Crippen LogP contribution is -2.38. The number of hydrogen-bond donors (Lipinski definition) is 3. The summed E-state index contributed by atoms with van der Waals surface area (Å²) in [7, 11) is 3.07. The molecule has 222 valence electrons. The first kappa shape index (κ1) is 31.7. The average molecular weight is 601 g/mol. The minimum atomic E-state index is -0.962. The second kappa shape index (κ2) is 15.8. The molecule has 11 nitrogen and oxygen atoms in total. The van der Waals surface area contributed by atoms with Gasteiger partial charge in [0.1, 0.15) is 5.82 Å². The Morgan fingerprint density at radius 1 is 0.952 bits per heavy atom. The Hall–Kier alpha value is -4.84. The number of para-hydroxylation sites is 1. The summed E-state index contributed by atoms with van der Waals surface area (Å²) in [5.41, 5.74) is 3.46. The number of nitrogens with one attached hydrogen (secondary N) is 3. The Morgan fingerprint density at radius 3 is 2.43 bits per heavy atom. The van der Waals surface area contributed by atoms with Gasteiger partial charge < -0.3 is 29.6 Å². The van der Waals surface area contributed by atoms with Crippen molar-refractivity contribution in [3.8, 4) is 23.0 Å². The number of rotatable bonds is 13. The van der Waals surface area contributed by atoms with Gasteiger partial charge in [-0.05, 0) is 60.9 Å². The van der Waals surface area contributed by atoms with Crippen LogP contribution in [0.3, 0.4) is 0 Å². The molecule has 13 heteroatoms. The minimum absolute atomic E-state index is 0.0161. The molecule has 0 radical (unpaired) electrons. The largest absolute Gasteiger partial charge is 0.493 e. The lowest BCUT2D eigenvalue weighted by molar-refractivity contribution is -0.139. The maximum atomic E-state index is 13.8. The number of carbonyl (C=O) groups excluding carboxylic acids is 3. The van der Waals surface area contributed by atoms with Gasteiger partial charge >= 0.3 is 11.8 Å². The summed E-state index contributed by atoms with van der Waals surface area (Å²) in [6.45, 7) is 1.75. The summed E-state index contributed by atoms with van der Waals surface area (Å²) < 4.78 is 35.4. The predicted octanol–water partition coefficient (Wildman–Crippen LogP) is 3.72. The van der Waals surface area contributed by atoms with E-state index in [9.17, 15) is 18.8 Å². The van der Waals surface area contributed by atoms with E-state index >= 15 is 0 Å². The molecular weight excluding hydrogens is 571 g/mol. The van der Waals surface area contributed by atoms with Crippen LogP contribution in [0, 0.1) is 5.82 Å². The molecular formula is C29H30ClFN4O7. The standard InChI is InChI=1S/C29H30ClFN4O7/c1-4-41-25-15-19(13-20(30)27(25)42-17-26(36)34-22-8-6-5-7-21(22)31)16-33-35-29(38)28(37)32-12-11-18-9-10-23(39-2)24(14-18)40-3/h5-10,13-16H,4,11-12,17H2,1-3H3,(H,32,37)(H,34,36)(H,35,38)/b33-16-. The molecule has 0 bridgehead atoms. The van der Waals surface area contributed by atoms with Gasteiger partial charge in [-0.2, -0.15) is 5.10 Å². The number of nitrogens with zero attached hydrogens (tertiary/aromatic N) is 1. The number of carbonyl (C=O) groups is 3. The van der Waals surface area contributed by atoms with Gasteiger partial charge in [-0.25, -0.2) is 9.82 Å². The van der Waals surface area contributed by atoms with E-state index in [0.29, 0.717) is 23.5 Å². The van der Waals surface area contributed by atoms with Crippen LogP contribution in [0.25, 0.3) is 0 Å². The van der Waals surface area contributed by atoms with Gasteiger partial charge in [-0.3, -0.25) is 14.4 Å². The molecule has 3 amide bonds. The van der Waals surface area contributed by atoms with Crippen molar-refractivity contribution in [1.82, 2.24) is 10.7 Å². The Labute approximate surface area is 246 Å². The van der Waals surface area contributed by atoms with Crippen LogP contribution in [0.5, 0.6) is 23.0 Å². The van der Waals surface area contributed by atoms with Crippen LogP contribution in [0.4, 0.5) is 10.1 Å². The fraction of sp³-hybridized carbons (Fsp3) is 0.241. The van der Waals surface area contributed by atoms with Gasteiger partial charge in [0.05, 0.1) is 37.8 Å². The van der Waals surface area contributed by atoms with Crippen LogP contribution in [0.2, 0.25) is 5.02 Å². The number of halogens is 2. The molecule has 0 unspecified atom stereocenters. The van der Waals surface area contributed by atoms with Gasteiger partial charge in [0.15, 0.2) is 29.6 Å². The van der Waals surface area contributed by atoms with Gasteiger partial charge in [0, 0.05) is 6.54 Å². The zero-order valence-corrected chi connectivity index (χ0v) is 23.9. The average Bonchev–Trinajstić information content (AvgIpc) is 2.97. The maximum Gasteiger partial charge on any atom is 0.329 e. The molecule has 3 aromatic rings. The van der Waals surface area contributed by atoms with Gasteiger partial charge in [-0.15, -0.1) is 0 Å². The van der Waals surface area contributed by atoms with Gasteiger partial charge in [0.25, 0.3) is 5.91 Å². The van der Waals surface area contributed by atoms with E-state index in [0.717, 1.165) is 5.56 Å². The Balaban J connectivity index is 1.53. The summed E-state index contributed by atoms with van der Waals surface area (Å²) in [4.78, 5) is 36.5. The molecule has 42 heavy (non-hydrogen) atoms. The first-order valence-corrected chi connectivity index (χ1v) is 13.1. The number of hydrogen-bond acceptors (Lipinski definition) is 8. The fourth-order valence-corrected chi connectivity index (χ4v) is 3.88. The van der Waals surface area contributed by atoms with Crippen LogP contribution in [0.1, 0.15) is 18.1 Å². The molecule has 3 N–H and O–H groups in total. The molecule has 3 rings (SSSR count). The first-order chi connectivity index (χ1) is 20.2. The first-order valence-electron chi connectivity index (χ1n) is 12.7. The van der Waals surface area contributed by atoms with Crippen molar-refractivity contribution in [2.45, 2.75) is 13.3 Å². The van der Waals surface area contributed by atoms with Crippen molar-refractivity contribution in [2.75, 3.05) is 39.3 Å². The predicted molar refractivity (Wildman–Crippen MR) is 155 cm³/mol. The third-order valence-corrected chi connectivity index (χ3v) is 5.84. The number of amides is 3. The number of methoxy groups -OCH3 is 2. The molecule has 0 aliphatic heterocycles. The van der Waals surface area contributed by atoms with Crippen molar-refractivity contribution in [3.63, 3.8) is 0 Å². The summed E-state index contributed by atoms with van der Waals surface area (Å²) in [6, 6.07) is 14.1. The van der Waals surface area contributed by atoms with Gasteiger partial charge in [-0.1, -0.05) is 29.8 Å². The highest BCUT2D eigenvalue weighted by atomic mass is 35.5. The number of anilines is 1. The molecule has 0 aliphatic carbocycles. The van der Waals surface area contributed by atoms with Gasteiger partial charge in [0.2, 0.25) is 0 Å². The van der Waals surface area contributed by atoms with E-state index in [4.69, 9.17) is 30.5 Å². The lowest BCUT2D eigenvalue weighted by Gasteiger charge is -2.14. The number of ether oxygens (including phenoxy) is 4. The summed E-state index contributed by atoms with van der Waals surface area (Å²) in [5.74, 6) is -1.56. The van der Waals surface area contributed by atoms with E-state index in [1.54, 1.807) is 25.1 Å². The SMILES string of the molecule is CCOc1cc(/C=N\NC(=O)C(=O)NCCc2ccc(OC)c(OC)c2)cc(Cl)c1OCC(=O)Nc1ccccc1F. The number of benzene rings is 3. The highest BCUT2D eigenvalue weighted by Gasteiger charge is 2.16. The molecule has 0 aliphatic rings. The van der Waals surface area contributed by atoms with E-state index in [-0.39, 0.29) is 35.4 Å². The summed E-state index contributed by atoms with van der Waals surface area (Å²) in [5, 5.41) is 8.83. The summed E-state index contributed by atoms with van der Waals surface area (Å²) >= 11 is 6.35. The minimum Gasteiger partial charge on any atom is -0.493 e. The van der Waals surface area contributed by atoms with Crippen molar-refractivity contribution >= 4 is 41.2 Å². The molecule has 0 spiro atoms. The molecule has 0 aromatic heterocycles. The highest BCUT2D eigenvalue weighted by Crippen LogP contribution is 2.36. The second-order valence-electron chi connectivity index (χ2n) is 8.47. The monoisotopic (exact) mass is 600 g/mol. The van der Waals surface area contributed by atoms with Crippen LogP contribution >= 0.6 is 11.6 Å². The zero-order chi connectivity index (χ0) is 30.5. The maximum absolute atomic E-state index is 13.8. The second-order valence-corrected chi connectivity index (χ2v) is 8.88. The summed E-state index contributed by atoms with van der Waals surface area (Å²) in [6.07, 6.45) is 1.72. The third kappa shape index (κ3) is 9.10. The van der Waals surface area contributed by atoms with Crippen molar-refractivity contribution in [2.24, 2.45) is 5.10 Å². The molecule has 0 fully saturated rings. The van der Waals surface area contributed by atoms with Crippen molar-refractivity contribution in [3.05, 3.63) is 76.6 Å². The highest BCUT2D eigenvalue weighted by molar-refractivity contribution is 6.35. The topological polar surface area (TPSA) is 137 Å². The third-order valence-electron chi connectivity index (χ3n) is 5.56. The van der Waals surface area contributed by atoms with E-state index in [1.165, 1.54) is 50.8 Å². The normalized spacial score (nSPS) is 10.6. The molecule has 0 saturated heterocycles. The Morgan fingerprint density at radius 2 is 1.71 bits per heavy atom. The Bertz CT molecular complexity index is 1450. The van der Waals surface area contributed by atoms with Crippen molar-refractivity contribution < 1.29 is 37.7 Å². The molecule has 0 heterocycles. The van der Waals surface area contributed by atoms with E-state index < -0.39 is 30.1 Å². The zero-order valence-electron chi connectivity index (χ0n) is 23.2. The van der Waals surface area contributed by atoms with Crippen LogP contribution in [-0.4, -0.2) is 57.9 Å². The molecule has 0 saturated carbocycles. The molecule has 3 aromatic carbocycles. The quantitative estimate of drug-likeness (QED) is 0.154. The lowest BCUT2D eigenvalue weighted by atomic mass is 10.1. The molecule has 0 atom stereocenters. The van der Waals surface area contributed by atoms with Crippen molar-refractivity contribution in [1.29, 1.82) is 0 Å².